The minimum Gasteiger partial charge on any atom is -0.478 e. The van der Waals surface area contributed by atoms with E-state index < -0.39 is 5.97 Å². The molecule has 2 aromatic rings. The highest BCUT2D eigenvalue weighted by Crippen LogP contribution is 2.28. The van der Waals surface area contributed by atoms with Gasteiger partial charge in [-0.1, -0.05) is 12.1 Å². The van der Waals surface area contributed by atoms with Crippen molar-refractivity contribution in [1.29, 1.82) is 0 Å². The van der Waals surface area contributed by atoms with E-state index in [2.05, 4.69) is 4.98 Å². The van der Waals surface area contributed by atoms with Gasteiger partial charge in [0, 0.05) is 23.9 Å². The molecule has 6 heteroatoms. The van der Waals surface area contributed by atoms with Crippen LogP contribution in [-0.2, 0) is 11.2 Å². The number of thiazole rings is 1. The highest BCUT2D eigenvalue weighted by molar-refractivity contribution is 7.11. The van der Waals surface area contributed by atoms with Crippen molar-refractivity contribution in [1.82, 2.24) is 9.88 Å². The number of nitrogens with zero attached hydrogens (tertiary/aromatic N) is 2. The van der Waals surface area contributed by atoms with Gasteiger partial charge in [-0.05, 0) is 44.4 Å². The molecular weight excluding hydrogens is 336 g/mol. The predicted molar refractivity (Wildman–Crippen MR) is 97.2 cm³/mol. The van der Waals surface area contributed by atoms with Crippen LogP contribution in [0.3, 0.4) is 0 Å². The van der Waals surface area contributed by atoms with Gasteiger partial charge in [-0.2, -0.15) is 0 Å². The second-order valence-corrected chi connectivity index (χ2v) is 7.82. The molecule has 132 valence electrons. The third kappa shape index (κ3) is 4.07. The quantitative estimate of drug-likeness (QED) is 0.909. The van der Waals surface area contributed by atoms with E-state index in [1.807, 2.05) is 24.8 Å². The van der Waals surface area contributed by atoms with Gasteiger partial charge >= 0.3 is 5.97 Å². The number of benzene rings is 1. The first-order valence-corrected chi connectivity index (χ1v) is 9.29. The highest BCUT2D eigenvalue weighted by atomic mass is 32.1. The summed E-state index contributed by atoms with van der Waals surface area (Å²) in [5.41, 5.74) is 2.25. The van der Waals surface area contributed by atoms with Crippen molar-refractivity contribution in [3.8, 4) is 0 Å². The van der Waals surface area contributed by atoms with Crippen molar-refractivity contribution in [2.24, 2.45) is 0 Å². The minimum atomic E-state index is -0.915. The third-order valence-electron chi connectivity index (χ3n) is 4.69. The average molecular weight is 358 g/mol. The molecule has 1 aliphatic heterocycles. The summed E-state index contributed by atoms with van der Waals surface area (Å²) >= 11 is 1.59. The van der Waals surface area contributed by atoms with E-state index in [1.165, 1.54) is 0 Å². The Labute approximate surface area is 151 Å². The van der Waals surface area contributed by atoms with Crippen molar-refractivity contribution in [3.63, 3.8) is 0 Å². The van der Waals surface area contributed by atoms with Crippen LogP contribution in [0.2, 0.25) is 0 Å². The van der Waals surface area contributed by atoms with Crippen LogP contribution in [0.15, 0.2) is 24.3 Å². The van der Waals surface area contributed by atoms with E-state index in [0.29, 0.717) is 18.5 Å². The molecule has 1 aliphatic rings. The lowest BCUT2D eigenvalue weighted by atomic mass is 9.89. The summed E-state index contributed by atoms with van der Waals surface area (Å²) in [6.45, 7) is 5.32. The van der Waals surface area contributed by atoms with Crippen LogP contribution >= 0.6 is 11.3 Å². The van der Waals surface area contributed by atoms with Gasteiger partial charge in [-0.25, -0.2) is 9.78 Å². The third-order valence-corrected chi connectivity index (χ3v) is 5.76. The topological polar surface area (TPSA) is 70.5 Å². The number of hydrogen-bond acceptors (Lipinski definition) is 4. The monoisotopic (exact) mass is 358 g/mol. The van der Waals surface area contributed by atoms with Gasteiger partial charge in [0.15, 0.2) is 0 Å². The van der Waals surface area contributed by atoms with Crippen LogP contribution in [0, 0.1) is 13.8 Å². The number of piperidine rings is 1. The molecule has 25 heavy (non-hydrogen) atoms. The molecule has 1 saturated heterocycles. The molecule has 1 aromatic heterocycles. The van der Waals surface area contributed by atoms with Crippen LogP contribution in [-0.4, -0.2) is 40.0 Å². The molecule has 1 fully saturated rings. The second-order valence-electron chi connectivity index (χ2n) is 6.53. The molecule has 1 amide bonds. The Morgan fingerprint density at radius 1 is 1.36 bits per heavy atom. The van der Waals surface area contributed by atoms with E-state index in [-0.39, 0.29) is 11.8 Å². The number of amides is 1. The lowest BCUT2D eigenvalue weighted by Gasteiger charge is -2.33. The smallest absolute Gasteiger partial charge is 0.335 e. The Balaban J connectivity index is 1.70. The van der Waals surface area contributed by atoms with Gasteiger partial charge < -0.3 is 10.0 Å². The van der Waals surface area contributed by atoms with Crippen molar-refractivity contribution in [2.45, 2.75) is 39.0 Å². The van der Waals surface area contributed by atoms with Crippen LogP contribution in [0.5, 0.6) is 0 Å². The Kier molecular flexibility index (Phi) is 5.18. The van der Waals surface area contributed by atoms with Gasteiger partial charge in [0.2, 0.25) is 5.91 Å². The fourth-order valence-corrected chi connectivity index (χ4v) is 4.32. The molecule has 3 rings (SSSR count). The summed E-state index contributed by atoms with van der Waals surface area (Å²) in [6, 6.07) is 7.08. The lowest BCUT2D eigenvalue weighted by molar-refractivity contribution is -0.131. The van der Waals surface area contributed by atoms with E-state index in [9.17, 15) is 14.7 Å². The molecule has 0 saturated carbocycles. The molecule has 0 bridgehead atoms. The van der Waals surface area contributed by atoms with Gasteiger partial charge in [0.1, 0.15) is 0 Å². The second kappa shape index (κ2) is 7.35. The van der Waals surface area contributed by atoms with Crippen LogP contribution in [0.1, 0.15) is 50.3 Å². The number of aryl methyl sites for hydroxylation is 2. The van der Waals surface area contributed by atoms with Crippen LogP contribution < -0.4 is 0 Å². The minimum absolute atomic E-state index is 0.130. The summed E-state index contributed by atoms with van der Waals surface area (Å²) in [6.07, 6.45) is 2.32. The largest absolute Gasteiger partial charge is 0.478 e. The number of rotatable bonds is 4. The van der Waals surface area contributed by atoms with Crippen molar-refractivity contribution < 1.29 is 14.7 Å². The maximum Gasteiger partial charge on any atom is 0.335 e. The van der Waals surface area contributed by atoms with E-state index in [0.717, 1.165) is 40.5 Å². The maximum absolute atomic E-state index is 12.7. The SMILES string of the molecule is Cc1nc(C)c(CC(=O)N2CCC[C@H](c3cccc(C(=O)O)c3)C2)s1. The number of carbonyl (C=O) groups is 2. The number of carbonyl (C=O) groups excluding carboxylic acids is 1. The first kappa shape index (κ1) is 17.6. The number of aromatic nitrogens is 1. The summed E-state index contributed by atoms with van der Waals surface area (Å²) in [7, 11) is 0. The Morgan fingerprint density at radius 2 is 2.16 bits per heavy atom. The number of aromatic carboxylic acids is 1. The standard InChI is InChI=1S/C19H22N2O3S/c1-12-17(25-13(2)20-12)10-18(22)21-8-4-7-16(11-21)14-5-3-6-15(9-14)19(23)24/h3,5-6,9,16H,4,7-8,10-11H2,1-2H3,(H,23,24)/t16-/m0/s1. The molecule has 0 aliphatic carbocycles. The molecule has 5 nitrogen and oxygen atoms in total. The summed E-state index contributed by atoms with van der Waals surface area (Å²) < 4.78 is 0. The molecular formula is C19H22N2O3S. The van der Waals surface area contributed by atoms with E-state index in [1.54, 1.807) is 29.5 Å². The number of likely N-dealkylation sites (tertiary alicyclic amines) is 1. The molecule has 2 heterocycles. The molecule has 1 N–H and O–H groups in total. The molecule has 1 atom stereocenters. The van der Waals surface area contributed by atoms with Crippen LogP contribution in [0.4, 0.5) is 0 Å². The van der Waals surface area contributed by atoms with Crippen LogP contribution in [0.25, 0.3) is 0 Å². The molecule has 1 aromatic carbocycles. The zero-order valence-electron chi connectivity index (χ0n) is 14.5. The lowest BCUT2D eigenvalue weighted by Crippen LogP contribution is -2.40. The van der Waals surface area contributed by atoms with Gasteiger partial charge in [-0.3, -0.25) is 4.79 Å². The summed E-state index contributed by atoms with van der Waals surface area (Å²) in [5.74, 6) is -0.589. The first-order valence-electron chi connectivity index (χ1n) is 8.48. The first-order chi connectivity index (χ1) is 11.9. The fourth-order valence-electron chi connectivity index (χ4n) is 3.39. The maximum atomic E-state index is 12.7. The van der Waals surface area contributed by atoms with Gasteiger partial charge in [0.05, 0.1) is 22.7 Å². The fraction of sp³-hybridized carbons (Fsp3) is 0.421. The zero-order valence-corrected chi connectivity index (χ0v) is 15.3. The highest BCUT2D eigenvalue weighted by Gasteiger charge is 2.26. The normalized spacial score (nSPS) is 17.5. The Morgan fingerprint density at radius 3 is 2.84 bits per heavy atom. The summed E-state index contributed by atoms with van der Waals surface area (Å²) in [4.78, 5) is 31.2. The Hall–Kier alpha value is -2.21. The van der Waals surface area contributed by atoms with E-state index in [4.69, 9.17) is 0 Å². The van der Waals surface area contributed by atoms with Crippen molar-refractivity contribution in [3.05, 3.63) is 51.0 Å². The zero-order chi connectivity index (χ0) is 18.0. The number of carboxylic acid groups (broad SMARTS) is 1. The summed E-state index contributed by atoms with van der Waals surface area (Å²) in [5, 5.41) is 10.2. The molecule has 0 radical (unpaired) electrons. The van der Waals surface area contributed by atoms with E-state index >= 15 is 0 Å². The number of hydrogen-bond donors (Lipinski definition) is 1. The van der Waals surface area contributed by atoms with Crippen molar-refractivity contribution in [2.75, 3.05) is 13.1 Å². The average Bonchev–Trinajstić information content (AvgIpc) is 2.92. The van der Waals surface area contributed by atoms with Crippen molar-refractivity contribution >= 4 is 23.2 Å². The molecule has 0 spiro atoms. The van der Waals surface area contributed by atoms with Gasteiger partial charge in [0.25, 0.3) is 0 Å². The molecule has 0 unspecified atom stereocenters. The Bertz CT molecular complexity index is 800. The number of carboxylic acids is 1. The predicted octanol–water partition coefficient (Wildman–Crippen LogP) is 3.41. The van der Waals surface area contributed by atoms with Gasteiger partial charge in [-0.15, -0.1) is 11.3 Å².